The van der Waals surface area contributed by atoms with Crippen molar-refractivity contribution in [3.8, 4) is 5.75 Å². The van der Waals surface area contributed by atoms with Crippen LogP contribution < -0.4 is 4.74 Å². The van der Waals surface area contributed by atoms with E-state index in [9.17, 15) is 4.79 Å². The van der Waals surface area contributed by atoms with Gasteiger partial charge in [-0.15, -0.1) is 0 Å². The van der Waals surface area contributed by atoms with Gasteiger partial charge in [0, 0.05) is 43.4 Å². The Hall–Kier alpha value is -1.59. The molecule has 28 heavy (non-hydrogen) atoms. The summed E-state index contributed by atoms with van der Waals surface area (Å²) in [6.45, 7) is 7.81. The van der Waals surface area contributed by atoms with Crippen LogP contribution in [0.1, 0.15) is 62.7 Å². The zero-order valence-electron chi connectivity index (χ0n) is 17.3. The second-order valence-corrected chi connectivity index (χ2v) is 8.74. The molecule has 1 amide bonds. The highest BCUT2D eigenvalue weighted by Gasteiger charge is 2.36. The molecule has 3 fully saturated rings. The molecule has 3 aliphatic rings. The van der Waals surface area contributed by atoms with Gasteiger partial charge in [0.05, 0.1) is 6.10 Å². The SMILES string of the molecule is C[C@@H]1CC[C@H](C)N1[C@H]1CCCN(C(=O)c2ccc(OC[C@H]3CCCO3)cc2)C1. The number of amides is 1. The molecule has 0 N–H and O–H groups in total. The summed E-state index contributed by atoms with van der Waals surface area (Å²) >= 11 is 0. The first-order valence-corrected chi connectivity index (χ1v) is 11.0. The second-order valence-electron chi connectivity index (χ2n) is 8.74. The lowest BCUT2D eigenvalue weighted by Gasteiger charge is -2.41. The van der Waals surface area contributed by atoms with E-state index in [2.05, 4.69) is 18.7 Å². The van der Waals surface area contributed by atoms with Crippen molar-refractivity contribution in [3.63, 3.8) is 0 Å². The van der Waals surface area contributed by atoms with Gasteiger partial charge in [0.15, 0.2) is 0 Å². The Morgan fingerprint density at radius 1 is 1.07 bits per heavy atom. The molecule has 0 unspecified atom stereocenters. The lowest BCUT2D eigenvalue weighted by atomic mass is 10.0. The Morgan fingerprint density at radius 3 is 2.50 bits per heavy atom. The standard InChI is InChI=1S/C23H34N2O3/c1-17-7-8-18(2)25(17)20-5-3-13-24(15-20)23(26)19-9-11-21(12-10-19)28-16-22-6-4-14-27-22/h9-12,17-18,20,22H,3-8,13-16H2,1-2H3/t17-,18+,20-,22+/m0/s1. The normalized spacial score (nSPS) is 31.3. The van der Waals surface area contributed by atoms with Crippen molar-refractivity contribution >= 4 is 5.91 Å². The first kappa shape index (κ1) is 19.7. The molecule has 5 nitrogen and oxygen atoms in total. The summed E-state index contributed by atoms with van der Waals surface area (Å²) in [4.78, 5) is 17.8. The highest BCUT2D eigenvalue weighted by molar-refractivity contribution is 5.94. The molecule has 3 heterocycles. The predicted octanol–water partition coefficient (Wildman–Crippen LogP) is 3.72. The average Bonchev–Trinajstić information content (AvgIpc) is 3.36. The summed E-state index contributed by atoms with van der Waals surface area (Å²) < 4.78 is 11.4. The third kappa shape index (κ3) is 4.36. The zero-order chi connectivity index (χ0) is 19.5. The quantitative estimate of drug-likeness (QED) is 0.773. The Kier molecular flexibility index (Phi) is 6.22. The number of ether oxygens (including phenoxy) is 2. The van der Waals surface area contributed by atoms with Gasteiger partial charge in [-0.1, -0.05) is 0 Å². The van der Waals surface area contributed by atoms with Crippen molar-refractivity contribution in [2.45, 2.75) is 76.6 Å². The van der Waals surface area contributed by atoms with Crippen LogP contribution in [-0.2, 0) is 4.74 Å². The third-order valence-corrected chi connectivity index (χ3v) is 6.69. The average molecular weight is 387 g/mol. The first-order chi connectivity index (χ1) is 13.6. The smallest absolute Gasteiger partial charge is 0.253 e. The minimum Gasteiger partial charge on any atom is -0.491 e. The van der Waals surface area contributed by atoms with E-state index < -0.39 is 0 Å². The lowest BCUT2D eigenvalue weighted by molar-refractivity contribution is 0.0487. The van der Waals surface area contributed by atoms with Crippen molar-refractivity contribution in [1.82, 2.24) is 9.80 Å². The number of hydrogen-bond donors (Lipinski definition) is 0. The lowest BCUT2D eigenvalue weighted by Crippen LogP contribution is -2.52. The summed E-state index contributed by atoms with van der Waals surface area (Å²) in [7, 11) is 0. The van der Waals surface area contributed by atoms with Gasteiger partial charge in [-0.25, -0.2) is 0 Å². The van der Waals surface area contributed by atoms with Crippen molar-refractivity contribution in [2.24, 2.45) is 0 Å². The Labute approximate surface area is 169 Å². The van der Waals surface area contributed by atoms with Gasteiger partial charge in [0.2, 0.25) is 0 Å². The number of nitrogens with zero attached hydrogens (tertiary/aromatic N) is 2. The number of hydrogen-bond acceptors (Lipinski definition) is 4. The van der Waals surface area contributed by atoms with Gasteiger partial charge in [-0.05, 0) is 76.6 Å². The highest BCUT2D eigenvalue weighted by Crippen LogP contribution is 2.30. The molecule has 0 aliphatic carbocycles. The minimum absolute atomic E-state index is 0.148. The molecule has 0 spiro atoms. The number of carbonyl (C=O) groups is 1. The van der Waals surface area contributed by atoms with E-state index in [-0.39, 0.29) is 12.0 Å². The summed E-state index contributed by atoms with van der Waals surface area (Å²) in [5.74, 6) is 0.957. The second kappa shape index (κ2) is 8.83. The minimum atomic E-state index is 0.148. The van der Waals surface area contributed by atoms with Crippen LogP contribution in [0.2, 0.25) is 0 Å². The van der Waals surface area contributed by atoms with Gasteiger partial charge in [0.25, 0.3) is 5.91 Å². The molecule has 0 aromatic heterocycles. The molecule has 0 radical (unpaired) electrons. The Morgan fingerprint density at radius 2 is 1.82 bits per heavy atom. The van der Waals surface area contributed by atoms with Crippen LogP contribution in [0.5, 0.6) is 5.75 Å². The van der Waals surface area contributed by atoms with Gasteiger partial charge in [0.1, 0.15) is 12.4 Å². The molecular formula is C23H34N2O3. The third-order valence-electron chi connectivity index (χ3n) is 6.69. The fourth-order valence-corrected chi connectivity index (χ4v) is 5.16. The van der Waals surface area contributed by atoms with Gasteiger partial charge < -0.3 is 14.4 Å². The van der Waals surface area contributed by atoms with Crippen molar-refractivity contribution < 1.29 is 14.3 Å². The zero-order valence-corrected chi connectivity index (χ0v) is 17.3. The van der Waals surface area contributed by atoms with E-state index >= 15 is 0 Å². The molecule has 4 rings (SSSR count). The molecule has 1 aromatic carbocycles. The van der Waals surface area contributed by atoms with E-state index in [0.29, 0.717) is 24.7 Å². The fraction of sp³-hybridized carbons (Fsp3) is 0.696. The number of carbonyl (C=O) groups excluding carboxylic acids is 1. The van der Waals surface area contributed by atoms with Crippen LogP contribution >= 0.6 is 0 Å². The van der Waals surface area contributed by atoms with Crippen molar-refractivity contribution in [1.29, 1.82) is 0 Å². The molecule has 3 aliphatic heterocycles. The van der Waals surface area contributed by atoms with Crippen LogP contribution in [0.25, 0.3) is 0 Å². The topological polar surface area (TPSA) is 42.0 Å². The van der Waals surface area contributed by atoms with Crippen molar-refractivity contribution in [3.05, 3.63) is 29.8 Å². The molecule has 0 bridgehead atoms. The summed E-state index contributed by atoms with van der Waals surface area (Å²) in [6, 6.07) is 9.39. The number of likely N-dealkylation sites (tertiary alicyclic amines) is 2. The van der Waals surface area contributed by atoms with Crippen LogP contribution in [-0.4, -0.2) is 66.2 Å². The number of piperidine rings is 1. The Bertz CT molecular complexity index is 646. The van der Waals surface area contributed by atoms with Gasteiger partial charge >= 0.3 is 0 Å². The van der Waals surface area contributed by atoms with E-state index in [4.69, 9.17) is 9.47 Å². The summed E-state index contributed by atoms with van der Waals surface area (Å²) in [5.41, 5.74) is 0.757. The van der Waals surface area contributed by atoms with Crippen molar-refractivity contribution in [2.75, 3.05) is 26.3 Å². The monoisotopic (exact) mass is 386 g/mol. The van der Waals surface area contributed by atoms with E-state index in [1.54, 1.807) is 0 Å². The van der Waals surface area contributed by atoms with E-state index in [1.807, 2.05) is 29.2 Å². The molecule has 4 atom stereocenters. The van der Waals surface area contributed by atoms with E-state index in [1.165, 1.54) is 19.3 Å². The summed E-state index contributed by atoms with van der Waals surface area (Å²) in [5, 5.41) is 0. The largest absolute Gasteiger partial charge is 0.491 e. The maximum Gasteiger partial charge on any atom is 0.253 e. The molecule has 154 valence electrons. The maximum absolute atomic E-state index is 13.0. The Balaban J connectivity index is 1.34. The van der Waals surface area contributed by atoms with Crippen LogP contribution in [0.3, 0.4) is 0 Å². The fourth-order valence-electron chi connectivity index (χ4n) is 5.16. The molecule has 5 heteroatoms. The molecule has 0 saturated carbocycles. The van der Waals surface area contributed by atoms with Crippen LogP contribution in [0.4, 0.5) is 0 Å². The molecule has 1 aromatic rings. The highest BCUT2D eigenvalue weighted by atomic mass is 16.5. The van der Waals surface area contributed by atoms with Crippen LogP contribution in [0.15, 0.2) is 24.3 Å². The molecule has 3 saturated heterocycles. The number of rotatable bonds is 5. The van der Waals surface area contributed by atoms with Gasteiger partial charge in [-0.3, -0.25) is 9.69 Å². The van der Waals surface area contributed by atoms with E-state index in [0.717, 1.165) is 50.3 Å². The summed E-state index contributed by atoms with van der Waals surface area (Å²) in [6.07, 6.45) is 7.25. The number of benzene rings is 1. The van der Waals surface area contributed by atoms with Gasteiger partial charge in [-0.2, -0.15) is 0 Å². The first-order valence-electron chi connectivity index (χ1n) is 11.0. The maximum atomic E-state index is 13.0. The van der Waals surface area contributed by atoms with Crippen LogP contribution in [0, 0.1) is 0 Å². The predicted molar refractivity (Wildman–Crippen MR) is 110 cm³/mol. The molecular weight excluding hydrogens is 352 g/mol.